The van der Waals surface area contributed by atoms with Crippen LogP contribution in [0.5, 0.6) is 17.2 Å². The molecule has 0 saturated carbocycles. The van der Waals surface area contributed by atoms with Crippen molar-refractivity contribution in [1.82, 2.24) is 10.2 Å². The normalized spacial score (nSPS) is 15.0. The third-order valence-corrected chi connectivity index (χ3v) is 4.46. The number of methoxy groups -OCH3 is 3. The molecular formula is C21H30N2O6. The Morgan fingerprint density at radius 1 is 1.03 bits per heavy atom. The van der Waals surface area contributed by atoms with Crippen LogP contribution in [0.25, 0.3) is 6.08 Å². The van der Waals surface area contributed by atoms with Crippen LogP contribution in [0.1, 0.15) is 26.3 Å². The van der Waals surface area contributed by atoms with Crippen LogP contribution in [-0.4, -0.2) is 64.3 Å². The molecule has 2 amide bonds. The van der Waals surface area contributed by atoms with Gasteiger partial charge in [0.25, 0.3) is 5.91 Å². The Balaban J connectivity index is 2.47. The summed E-state index contributed by atoms with van der Waals surface area (Å²) in [6, 6.07) is 3.44. The van der Waals surface area contributed by atoms with E-state index in [-0.39, 0.29) is 17.5 Å². The fraction of sp³-hybridized carbons (Fsp3) is 0.524. The number of nitrogens with zero attached hydrogens (tertiary/aromatic N) is 1. The van der Waals surface area contributed by atoms with Crippen LogP contribution in [-0.2, 0) is 14.3 Å². The maximum atomic E-state index is 13.1. The molecule has 160 valence electrons. The lowest BCUT2D eigenvalue weighted by molar-refractivity contribution is -0.134. The van der Waals surface area contributed by atoms with Gasteiger partial charge in [-0.25, -0.2) is 0 Å². The van der Waals surface area contributed by atoms with Crippen LogP contribution in [0.4, 0.5) is 0 Å². The Morgan fingerprint density at radius 2 is 1.59 bits per heavy atom. The van der Waals surface area contributed by atoms with Crippen molar-refractivity contribution in [3.05, 3.63) is 23.4 Å². The van der Waals surface area contributed by atoms with Gasteiger partial charge in [0, 0.05) is 18.5 Å². The van der Waals surface area contributed by atoms with E-state index < -0.39 is 5.41 Å². The van der Waals surface area contributed by atoms with E-state index in [1.54, 1.807) is 43.9 Å². The van der Waals surface area contributed by atoms with Gasteiger partial charge in [0.15, 0.2) is 11.5 Å². The lowest BCUT2D eigenvalue weighted by Gasteiger charge is -2.28. The van der Waals surface area contributed by atoms with Crippen LogP contribution in [0.15, 0.2) is 17.8 Å². The van der Waals surface area contributed by atoms with Crippen molar-refractivity contribution in [3.8, 4) is 17.2 Å². The van der Waals surface area contributed by atoms with E-state index >= 15 is 0 Å². The fourth-order valence-electron chi connectivity index (χ4n) is 2.75. The fourth-order valence-corrected chi connectivity index (χ4v) is 2.75. The summed E-state index contributed by atoms with van der Waals surface area (Å²) in [5, 5.41) is 2.78. The Bertz CT molecular complexity index is 751. The number of carbonyl (C=O) groups excluding carboxylic acids is 2. The highest BCUT2D eigenvalue weighted by atomic mass is 16.5. The van der Waals surface area contributed by atoms with E-state index in [0.717, 1.165) is 0 Å². The van der Waals surface area contributed by atoms with Crippen molar-refractivity contribution in [2.75, 3.05) is 47.6 Å². The Labute approximate surface area is 171 Å². The highest BCUT2D eigenvalue weighted by Crippen LogP contribution is 2.38. The topological polar surface area (TPSA) is 86.3 Å². The molecule has 0 radical (unpaired) electrons. The number of rotatable bonds is 6. The maximum Gasteiger partial charge on any atom is 0.270 e. The van der Waals surface area contributed by atoms with Crippen molar-refractivity contribution in [2.24, 2.45) is 5.41 Å². The zero-order chi connectivity index (χ0) is 21.6. The van der Waals surface area contributed by atoms with E-state index in [2.05, 4.69) is 5.32 Å². The average molecular weight is 406 g/mol. The minimum atomic E-state index is -0.653. The molecule has 0 bridgehead atoms. The summed E-state index contributed by atoms with van der Waals surface area (Å²) >= 11 is 0. The van der Waals surface area contributed by atoms with Crippen molar-refractivity contribution in [1.29, 1.82) is 0 Å². The second-order valence-electron chi connectivity index (χ2n) is 7.63. The lowest BCUT2D eigenvalue weighted by Crippen LogP contribution is -2.46. The first-order valence-electron chi connectivity index (χ1n) is 9.41. The van der Waals surface area contributed by atoms with E-state index in [0.29, 0.717) is 49.1 Å². The van der Waals surface area contributed by atoms with Gasteiger partial charge in [0.2, 0.25) is 11.7 Å². The summed E-state index contributed by atoms with van der Waals surface area (Å²) in [6.45, 7) is 7.25. The van der Waals surface area contributed by atoms with E-state index in [1.165, 1.54) is 21.3 Å². The summed E-state index contributed by atoms with van der Waals surface area (Å²) in [4.78, 5) is 27.3. The average Bonchev–Trinajstić information content (AvgIpc) is 2.71. The number of amides is 2. The molecular weight excluding hydrogens is 376 g/mol. The molecule has 1 saturated heterocycles. The molecule has 1 aliphatic heterocycles. The molecule has 1 aromatic rings. The predicted octanol–water partition coefficient (Wildman–Crippen LogP) is 2.07. The van der Waals surface area contributed by atoms with Gasteiger partial charge in [0.05, 0.1) is 34.5 Å². The maximum absolute atomic E-state index is 13.1. The van der Waals surface area contributed by atoms with Gasteiger partial charge in [-0.1, -0.05) is 20.8 Å². The quantitative estimate of drug-likeness (QED) is 0.728. The number of carbonyl (C=O) groups is 2. The highest BCUT2D eigenvalue weighted by molar-refractivity contribution is 6.02. The minimum Gasteiger partial charge on any atom is -0.493 e. The Kier molecular flexibility index (Phi) is 7.50. The van der Waals surface area contributed by atoms with Crippen LogP contribution in [0, 0.1) is 5.41 Å². The molecule has 1 heterocycles. The molecule has 2 rings (SSSR count). The number of benzene rings is 1. The van der Waals surface area contributed by atoms with Crippen molar-refractivity contribution >= 4 is 17.9 Å². The van der Waals surface area contributed by atoms with Gasteiger partial charge >= 0.3 is 0 Å². The molecule has 0 spiro atoms. The molecule has 1 fully saturated rings. The van der Waals surface area contributed by atoms with E-state index in [4.69, 9.17) is 18.9 Å². The minimum absolute atomic E-state index is 0.182. The summed E-state index contributed by atoms with van der Waals surface area (Å²) in [7, 11) is 4.56. The van der Waals surface area contributed by atoms with Gasteiger partial charge in [-0.15, -0.1) is 0 Å². The summed E-state index contributed by atoms with van der Waals surface area (Å²) in [5.74, 6) is 0.848. The Morgan fingerprint density at radius 3 is 2.03 bits per heavy atom. The van der Waals surface area contributed by atoms with Crippen LogP contribution >= 0.6 is 0 Å². The first-order chi connectivity index (χ1) is 13.7. The van der Waals surface area contributed by atoms with E-state index in [9.17, 15) is 9.59 Å². The van der Waals surface area contributed by atoms with Crippen molar-refractivity contribution in [3.63, 3.8) is 0 Å². The molecule has 0 aromatic heterocycles. The van der Waals surface area contributed by atoms with E-state index in [1.807, 2.05) is 0 Å². The second kappa shape index (κ2) is 9.65. The van der Waals surface area contributed by atoms with Gasteiger partial charge < -0.3 is 29.2 Å². The number of ether oxygens (including phenoxy) is 4. The summed E-state index contributed by atoms with van der Waals surface area (Å²) in [6.07, 6.45) is 1.62. The zero-order valence-electron chi connectivity index (χ0n) is 18.0. The molecule has 1 aliphatic rings. The Hall–Kier alpha value is -2.74. The summed E-state index contributed by atoms with van der Waals surface area (Å²) < 4.78 is 21.4. The van der Waals surface area contributed by atoms with Gasteiger partial charge in [-0.05, 0) is 23.8 Å². The van der Waals surface area contributed by atoms with Crippen LogP contribution in [0.2, 0.25) is 0 Å². The molecule has 8 heteroatoms. The van der Waals surface area contributed by atoms with Crippen molar-refractivity contribution < 1.29 is 28.5 Å². The monoisotopic (exact) mass is 406 g/mol. The highest BCUT2D eigenvalue weighted by Gasteiger charge is 2.27. The third kappa shape index (κ3) is 5.63. The molecule has 29 heavy (non-hydrogen) atoms. The molecule has 8 nitrogen and oxygen atoms in total. The lowest BCUT2D eigenvalue weighted by atomic mass is 9.95. The largest absolute Gasteiger partial charge is 0.493 e. The van der Waals surface area contributed by atoms with Gasteiger partial charge in [-0.2, -0.15) is 0 Å². The number of hydrogen-bond acceptors (Lipinski definition) is 6. The molecule has 0 unspecified atom stereocenters. The third-order valence-electron chi connectivity index (χ3n) is 4.46. The SMILES string of the molecule is COc1cc(/C=C(\NC(=O)C(C)(C)C)C(=O)N2CCOCC2)cc(OC)c1OC. The first-order valence-corrected chi connectivity index (χ1v) is 9.41. The van der Waals surface area contributed by atoms with Crippen LogP contribution in [0.3, 0.4) is 0 Å². The second-order valence-corrected chi connectivity index (χ2v) is 7.63. The summed E-state index contributed by atoms with van der Waals surface area (Å²) in [5.41, 5.74) is 0.158. The van der Waals surface area contributed by atoms with Crippen LogP contribution < -0.4 is 19.5 Å². The first kappa shape index (κ1) is 22.5. The predicted molar refractivity (Wildman–Crippen MR) is 109 cm³/mol. The van der Waals surface area contributed by atoms with Crippen molar-refractivity contribution in [2.45, 2.75) is 20.8 Å². The van der Waals surface area contributed by atoms with Gasteiger partial charge in [0.1, 0.15) is 5.70 Å². The number of nitrogens with one attached hydrogen (secondary N) is 1. The standard InChI is InChI=1S/C21H30N2O6/c1-21(2,3)20(25)22-15(19(24)23-7-9-29-10-8-23)11-14-12-16(26-4)18(28-6)17(13-14)27-5/h11-13H,7-10H2,1-6H3,(H,22,25)/b15-11-. The number of hydrogen-bond donors (Lipinski definition) is 1. The van der Waals surface area contributed by atoms with Gasteiger partial charge in [-0.3, -0.25) is 9.59 Å². The molecule has 1 aromatic carbocycles. The number of morpholine rings is 1. The molecule has 0 atom stereocenters. The molecule has 0 aliphatic carbocycles. The smallest absolute Gasteiger partial charge is 0.270 e. The zero-order valence-corrected chi connectivity index (χ0v) is 18.0. The molecule has 1 N–H and O–H groups in total.